The van der Waals surface area contributed by atoms with Crippen LogP contribution in [0.25, 0.3) is 6.08 Å². The Morgan fingerprint density at radius 1 is 1.06 bits per heavy atom. The fourth-order valence-corrected chi connectivity index (χ4v) is 4.35. The van der Waals surface area contributed by atoms with Crippen molar-refractivity contribution < 1.29 is 19.1 Å². The summed E-state index contributed by atoms with van der Waals surface area (Å²) < 4.78 is 10.9. The maximum Gasteiger partial charge on any atom is 0.336 e. The molecular weight excluding hydrogens is 438 g/mol. The molecule has 1 fully saturated rings. The second kappa shape index (κ2) is 12.6. The topological polar surface area (TPSA) is 55.8 Å². The zero-order valence-corrected chi connectivity index (χ0v) is 20.5. The number of esters is 2. The Bertz CT molecular complexity index is 974. The zero-order chi connectivity index (χ0) is 23.0. The molecule has 0 bridgehead atoms. The van der Waals surface area contributed by atoms with Gasteiger partial charge in [-0.1, -0.05) is 50.6 Å². The number of benzene rings is 2. The zero-order valence-electron chi connectivity index (χ0n) is 19.7. The van der Waals surface area contributed by atoms with Gasteiger partial charge in [0, 0.05) is 30.0 Å². The number of carbonyl (C=O) groups excluding carboxylic acids is 2. The molecule has 1 atom stereocenters. The number of rotatable bonds is 7. The molecule has 3 rings (SSSR count). The van der Waals surface area contributed by atoms with Crippen LogP contribution in [0.3, 0.4) is 0 Å². The lowest BCUT2D eigenvalue weighted by Crippen LogP contribution is -2.37. The SMILES string of the molecule is CCC(=O)Oc1ccccc1/C=C/C(=O)Oc1cccc(C2(CC)CCCCN(C)C2)c1.Cl. The van der Waals surface area contributed by atoms with Gasteiger partial charge in [0.2, 0.25) is 0 Å². The van der Waals surface area contributed by atoms with Crippen molar-refractivity contribution in [2.24, 2.45) is 0 Å². The number of likely N-dealkylation sites (N-methyl/N-ethyl adjacent to an activating group) is 1. The summed E-state index contributed by atoms with van der Waals surface area (Å²) in [5, 5.41) is 0. The van der Waals surface area contributed by atoms with E-state index in [1.54, 1.807) is 31.2 Å². The lowest BCUT2D eigenvalue weighted by atomic mass is 9.74. The first-order valence-corrected chi connectivity index (χ1v) is 11.4. The Morgan fingerprint density at radius 2 is 1.85 bits per heavy atom. The average molecular weight is 472 g/mol. The van der Waals surface area contributed by atoms with E-state index in [2.05, 4.69) is 24.9 Å². The lowest BCUT2D eigenvalue weighted by molar-refractivity contribution is -0.134. The molecule has 0 saturated carbocycles. The largest absolute Gasteiger partial charge is 0.426 e. The summed E-state index contributed by atoms with van der Waals surface area (Å²) in [7, 11) is 2.18. The number of hydrogen-bond acceptors (Lipinski definition) is 5. The molecule has 2 aromatic carbocycles. The van der Waals surface area contributed by atoms with Crippen LogP contribution < -0.4 is 9.47 Å². The van der Waals surface area contributed by atoms with Crippen molar-refractivity contribution in [3.8, 4) is 11.5 Å². The first-order chi connectivity index (χ1) is 15.5. The number of carbonyl (C=O) groups is 2. The standard InChI is InChI=1S/C27H33NO4.ClH/c1-4-25(29)32-24-14-7-6-11-21(24)15-16-26(30)31-23-13-10-12-22(19-23)27(5-2)17-8-9-18-28(3)20-27;/h6-7,10-16,19H,4-5,8-9,17-18,20H2,1-3H3;1H/b16-15+;. The molecule has 1 saturated heterocycles. The maximum absolute atomic E-state index is 12.5. The van der Waals surface area contributed by atoms with Crippen LogP contribution in [0.15, 0.2) is 54.6 Å². The van der Waals surface area contributed by atoms with Gasteiger partial charge in [0.25, 0.3) is 0 Å². The Hall–Kier alpha value is -2.63. The van der Waals surface area contributed by atoms with E-state index in [0.717, 1.165) is 25.9 Å². The molecule has 0 amide bonds. The van der Waals surface area contributed by atoms with Gasteiger partial charge < -0.3 is 14.4 Å². The molecule has 178 valence electrons. The Kier molecular flexibility index (Phi) is 10.1. The van der Waals surface area contributed by atoms with Gasteiger partial charge in [0.1, 0.15) is 11.5 Å². The van der Waals surface area contributed by atoms with E-state index in [1.807, 2.05) is 24.3 Å². The van der Waals surface area contributed by atoms with E-state index < -0.39 is 5.97 Å². The molecule has 1 aliphatic heterocycles. The Labute approximate surface area is 203 Å². The van der Waals surface area contributed by atoms with Crippen molar-refractivity contribution in [1.29, 1.82) is 0 Å². The maximum atomic E-state index is 12.5. The molecule has 0 aromatic heterocycles. The number of para-hydroxylation sites is 1. The van der Waals surface area contributed by atoms with Crippen LogP contribution in [0.4, 0.5) is 0 Å². The van der Waals surface area contributed by atoms with E-state index in [1.165, 1.54) is 24.5 Å². The third kappa shape index (κ3) is 7.18. The minimum atomic E-state index is -0.470. The molecule has 0 spiro atoms. The fraction of sp³-hybridized carbons (Fsp3) is 0.407. The van der Waals surface area contributed by atoms with Gasteiger partial charge >= 0.3 is 11.9 Å². The molecule has 0 aliphatic carbocycles. The molecule has 1 aliphatic rings. The second-order valence-electron chi connectivity index (χ2n) is 8.48. The summed E-state index contributed by atoms with van der Waals surface area (Å²) in [6, 6.07) is 15.0. The number of likely N-dealkylation sites (tertiary alicyclic amines) is 1. The molecule has 33 heavy (non-hydrogen) atoms. The molecule has 5 nitrogen and oxygen atoms in total. The van der Waals surface area contributed by atoms with Crippen molar-refractivity contribution >= 4 is 30.4 Å². The molecule has 0 radical (unpaired) electrons. The van der Waals surface area contributed by atoms with Crippen LogP contribution in [0, 0.1) is 0 Å². The summed E-state index contributed by atoms with van der Waals surface area (Å²) >= 11 is 0. The van der Waals surface area contributed by atoms with Crippen LogP contribution in [0.5, 0.6) is 11.5 Å². The highest BCUT2D eigenvalue weighted by Gasteiger charge is 2.33. The molecule has 1 unspecified atom stereocenters. The highest BCUT2D eigenvalue weighted by atomic mass is 35.5. The average Bonchev–Trinajstić information content (AvgIpc) is 3.00. The molecule has 1 heterocycles. The van der Waals surface area contributed by atoms with E-state index in [9.17, 15) is 9.59 Å². The van der Waals surface area contributed by atoms with Gasteiger partial charge in [-0.05, 0) is 62.7 Å². The van der Waals surface area contributed by atoms with Crippen molar-refractivity contribution in [2.75, 3.05) is 20.1 Å². The first kappa shape index (κ1) is 26.6. The predicted molar refractivity (Wildman–Crippen MR) is 134 cm³/mol. The smallest absolute Gasteiger partial charge is 0.336 e. The van der Waals surface area contributed by atoms with Gasteiger partial charge in [-0.15, -0.1) is 12.4 Å². The van der Waals surface area contributed by atoms with Crippen LogP contribution >= 0.6 is 12.4 Å². The monoisotopic (exact) mass is 471 g/mol. The quantitative estimate of drug-likeness (QED) is 0.290. The number of hydrogen-bond donors (Lipinski definition) is 0. The minimum Gasteiger partial charge on any atom is -0.426 e. The number of ether oxygens (including phenoxy) is 2. The Morgan fingerprint density at radius 3 is 2.61 bits per heavy atom. The van der Waals surface area contributed by atoms with Gasteiger partial charge in [-0.2, -0.15) is 0 Å². The van der Waals surface area contributed by atoms with Gasteiger partial charge in [-0.25, -0.2) is 4.79 Å². The van der Waals surface area contributed by atoms with E-state index in [0.29, 0.717) is 17.1 Å². The molecular formula is C27H34ClNO4. The molecule has 6 heteroatoms. The third-order valence-corrected chi connectivity index (χ3v) is 6.19. The van der Waals surface area contributed by atoms with Gasteiger partial charge in [-0.3, -0.25) is 4.79 Å². The molecule has 2 aromatic rings. The van der Waals surface area contributed by atoms with Crippen LogP contribution in [-0.2, 0) is 15.0 Å². The van der Waals surface area contributed by atoms with Crippen molar-refractivity contribution in [3.63, 3.8) is 0 Å². The van der Waals surface area contributed by atoms with Crippen LogP contribution in [0.1, 0.15) is 57.1 Å². The van der Waals surface area contributed by atoms with Crippen molar-refractivity contribution in [1.82, 2.24) is 4.90 Å². The first-order valence-electron chi connectivity index (χ1n) is 11.4. The van der Waals surface area contributed by atoms with E-state index in [-0.39, 0.29) is 30.2 Å². The normalized spacial score (nSPS) is 18.9. The second-order valence-corrected chi connectivity index (χ2v) is 8.48. The van der Waals surface area contributed by atoms with Crippen LogP contribution in [0.2, 0.25) is 0 Å². The minimum absolute atomic E-state index is 0. The van der Waals surface area contributed by atoms with E-state index >= 15 is 0 Å². The molecule has 0 N–H and O–H groups in total. The highest BCUT2D eigenvalue weighted by molar-refractivity contribution is 5.89. The number of halogens is 1. The summed E-state index contributed by atoms with van der Waals surface area (Å²) in [6.07, 6.45) is 7.85. The lowest BCUT2D eigenvalue weighted by Gasteiger charge is -2.35. The summed E-state index contributed by atoms with van der Waals surface area (Å²) in [4.78, 5) is 26.5. The van der Waals surface area contributed by atoms with Crippen LogP contribution in [-0.4, -0.2) is 37.0 Å². The number of nitrogens with zero attached hydrogens (tertiary/aromatic N) is 1. The van der Waals surface area contributed by atoms with E-state index in [4.69, 9.17) is 9.47 Å². The fourth-order valence-electron chi connectivity index (χ4n) is 4.35. The predicted octanol–water partition coefficient (Wildman–Crippen LogP) is 5.81. The highest BCUT2D eigenvalue weighted by Crippen LogP contribution is 2.37. The Balaban J connectivity index is 0.00000385. The third-order valence-electron chi connectivity index (χ3n) is 6.19. The van der Waals surface area contributed by atoms with Gasteiger partial charge in [0.15, 0.2) is 0 Å². The van der Waals surface area contributed by atoms with Crippen molar-refractivity contribution in [2.45, 2.75) is 51.4 Å². The summed E-state index contributed by atoms with van der Waals surface area (Å²) in [6.45, 7) is 6.11. The van der Waals surface area contributed by atoms with Crippen molar-refractivity contribution in [3.05, 3.63) is 65.7 Å². The summed E-state index contributed by atoms with van der Waals surface area (Å²) in [5.41, 5.74) is 1.94. The van der Waals surface area contributed by atoms with Gasteiger partial charge in [0.05, 0.1) is 0 Å². The summed E-state index contributed by atoms with van der Waals surface area (Å²) in [5.74, 6) is 0.178.